The molecule has 2 aliphatic rings. The third-order valence-corrected chi connectivity index (χ3v) is 6.20. The van der Waals surface area contributed by atoms with Crippen LogP contribution < -0.4 is 10.1 Å². The van der Waals surface area contributed by atoms with Crippen molar-refractivity contribution >= 4 is 5.91 Å². The molecule has 0 bridgehead atoms. The number of amides is 1. The van der Waals surface area contributed by atoms with Crippen LogP contribution in [0, 0.1) is 5.92 Å². The van der Waals surface area contributed by atoms with Gasteiger partial charge in [0, 0.05) is 18.7 Å². The first-order chi connectivity index (χ1) is 15.2. The third kappa shape index (κ3) is 6.04. The summed E-state index contributed by atoms with van der Waals surface area (Å²) in [5, 5.41) is 7.25. The second kappa shape index (κ2) is 10.7. The number of rotatable bonds is 9. The summed E-state index contributed by atoms with van der Waals surface area (Å²) in [5.74, 6) is 2.15. The first-order valence-electron chi connectivity index (χ1n) is 11.4. The van der Waals surface area contributed by atoms with E-state index in [1.807, 2.05) is 24.3 Å². The number of piperidine rings is 1. The summed E-state index contributed by atoms with van der Waals surface area (Å²) in [5.41, 5.74) is 0.889. The molecular weight excluding hydrogens is 394 g/mol. The number of benzene rings is 1. The zero-order valence-corrected chi connectivity index (χ0v) is 18.4. The molecule has 1 unspecified atom stereocenters. The van der Waals surface area contributed by atoms with Gasteiger partial charge in [-0.15, -0.1) is 0 Å². The molecule has 2 aliphatic heterocycles. The highest BCUT2D eigenvalue weighted by Gasteiger charge is 2.26. The molecule has 4 rings (SSSR count). The zero-order valence-electron chi connectivity index (χ0n) is 18.4. The van der Waals surface area contributed by atoms with E-state index in [1.165, 1.54) is 25.9 Å². The summed E-state index contributed by atoms with van der Waals surface area (Å²) in [4.78, 5) is 21.9. The van der Waals surface area contributed by atoms with Crippen LogP contribution in [0.2, 0.25) is 0 Å². The highest BCUT2D eigenvalue weighted by molar-refractivity contribution is 5.78. The number of nitrogens with zero attached hydrogens (tertiary/aromatic N) is 4. The maximum atomic E-state index is 12.6. The summed E-state index contributed by atoms with van der Waals surface area (Å²) in [6.45, 7) is 6.52. The molecule has 1 aromatic heterocycles. The van der Waals surface area contributed by atoms with Crippen molar-refractivity contribution in [1.29, 1.82) is 0 Å². The molecule has 0 saturated carbocycles. The standard InChI is InChI=1S/C23H33N5O3/c1-30-20-9-7-18(8-10-20)22-25-21(31-26-22)17-28-14-4-6-19(16-28)23(29)24-11-5-15-27-12-2-3-13-27/h7-10,19H,2-6,11-17H2,1H3,(H,24,29). The second-order valence-electron chi connectivity index (χ2n) is 8.51. The van der Waals surface area contributed by atoms with E-state index >= 15 is 0 Å². The molecule has 8 heteroatoms. The van der Waals surface area contributed by atoms with Gasteiger partial charge in [-0.3, -0.25) is 9.69 Å². The van der Waals surface area contributed by atoms with Gasteiger partial charge in [-0.2, -0.15) is 4.98 Å². The Hall–Kier alpha value is -2.45. The van der Waals surface area contributed by atoms with E-state index in [0.717, 1.165) is 56.8 Å². The van der Waals surface area contributed by atoms with Crippen LogP contribution in [0.15, 0.2) is 28.8 Å². The summed E-state index contributed by atoms with van der Waals surface area (Å²) >= 11 is 0. The first-order valence-corrected chi connectivity index (χ1v) is 11.4. The molecule has 2 saturated heterocycles. The van der Waals surface area contributed by atoms with Crippen LogP contribution in [0.4, 0.5) is 0 Å². The van der Waals surface area contributed by atoms with Crippen molar-refractivity contribution in [1.82, 2.24) is 25.3 Å². The van der Waals surface area contributed by atoms with Crippen LogP contribution in [0.3, 0.4) is 0 Å². The predicted octanol–water partition coefficient (Wildman–Crippen LogP) is 2.56. The highest BCUT2D eigenvalue weighted by Crippen LogP contribution is 2.22. The van der Waals surface area contributed by atoms with Gasteiger partial charge in [-0.05, 0) is 82.5 Å². The molecule has 168 valence electrons. The summed E-state index contributed by atoms with van der Waals surface area (Å²) in [6.07, 6.45) is 5.59. The average molecular weight is 428 g/mol. The summed E-state index contributed by atoms with van der Waals surface area (Å²) in [7, 11) is 1.64. The number of methoxy groups -OCH3 is 1. The van der Waals surface area contributed by atoms with Crippen molar-refractivity contribution in [2.24, 2.45) is 5.92 Å². The van der Waals surface area contributed by atoms with Gasteiger partial charge < -0.3 is 19.5 Å². The van der Waals surface area contributed by atoms with Crippen LogP contribution in [0.25, 0.3) is 11.4 Å². The number of ether oxygens (including phenoxy) is 1. The van der Waals surface area contributed by atoms with E-state index in [-0.39, 0.29) is 11.8 Å². The van der Waals surface area contributed by atoms with Gasteiger partial charge in [-0.1, -0.05) is 5.16 Å². The molecule has 31 heavy (non-hydrogen) atoms. The molecule has 2 fully saturated rings. The topological polar surface area (TPSA) is 83.7 Å². The van der Waals surface area contributed by atoms with Gasteiger partial charge in [0.05, 0.1) is 19.6 Å². The van der Waals surface area contributed by atoms with Crippen LogP contribution in [0.1, 0.15) is 38.0 Å². The molecule has 8 nitrogen and oxygen atoms in total. The number of hydrogen-bond donors (Lipinski definition) is 1. The molecule has 0 spiro atoms. The Labute approximate surface area is 183 Å². The maximum Gasteiger partial charge on any atom is 0.241 e. The molecule has 0 radical (unpaired) electrons. The van der Waals surface area contributed by atoms with Crippen LogP contribution >= 0.6 is 0 Å². The Morgan fingerprint density at radius 3 is 2.71 bits per heavy atom. The van der Waals surface area contributed by atoms with E-state index in [2.05, 4.69) is 25.3 Å². The van der Waals surface area contributed by atoms with Gasteiger partial charge in [0.1, 0.15) is 5.75 Å². The number of aromatic nitrogens is 2. The molecule has 1 N–H and O–H groups in total. The third-order valence-electron chi connectivity index (χ3n) is 6.20. The van der Waals surface area contributed by atoms with Crippen LogP contribution in [0.5, 0.6) is 5.75 Å². The lowest BCUT2D eigenvalue weighted by molar-refractivity contribution is -0.126. The van der Waals surface area contributed by atoms with Crippen molar-refractivity contribution in [3.63, 3.8) is 0 Å². The molecule has 3 heterocycles. The SMILES string of the molecule is COc1ccc(-c2noc(CN3CCCC(C(=O)NCCCN4CCCC4)C3)n2)cc1. The van der Waals surface area contributed by atoms with E-state index in [1.54, 1.807) is 7.11 Å². The van der Waals surface area contributed by atoms with E-state index in [0.29, 0.717) is 18.3 Å². The van der Waals surface area contributed by atoms with Crippen molar-refractivity contribution in [2.75, 3.05) is 46.4 Å². The minimum atomic E-state index is 0.0320. The normalized spacial score (nSPS) is 20.1. The van der Waals surface area contributed by atoms with Crippen molar-refractivity contribution in [3.8, 4) is 17.1 Å². The van der Waals surface area contributed by atoms with Gasteiger partial charge in [-0.25, -0.2) is 0 Å². The molecule has 2 aromatic rings. The van der Waals surface area contributed by atoms with E-state index < -0.39 is 0 Å². The summed E-state index contributed by atoms with van der Waals surface area (Å²) < 4.78 is 10.7. The monoisotopic (exact) mass is 427 g/mol. The number of nitrogens with one attached hydrogen (secondary N) is 1. The Morgan fingerprint density at radius 1 is 1.16 bits per heavy atom. The Balaban J connectivity index is 1.23. The smallest absolute Gasteiger partial charge is 0.241 e. The number of carbonyl (C=O) groups excluding carboxylic acids is 1. The predicted molar refractivity (Wildman–Crippen MR) is 118 cm³/mol. The maximum absolute atomic E-state index is 12.6. The van der Waals surface area contributed by atoms with E-state index in [4.69, 9.17) is 9.26 Å². The number of hydrogen-bond acceptors (Lipinski definition) is 7. The molecule has 1 aromatic carbocycles. The van der Waals surface area contributed by atoms with E-state index in [9.17, 15) is 4.79 Å². The fourth-order valence-electron chi connectivity index (χ4n) is 4.45. The second-order valence-corrected chi connectivity index (χ2v) is 8.51. The Kier molecular flexibility index (Phi) is 7.53. The Morgan fingerprint density at radius 2 is 1.94 bits per heavy atom. The summed E-state index contributed by atoms with van der Waals surface area (Å²) in [6, 6.07) is 7.59. The van der Waals surface area contributed by atoms with Gasteiger partial charge in [0.25, 0.3) is 0 Å². The minimum Gasteiger partial charge on any atom is -0.497 e. The van der Waals surface area contributed by atoms with Crippen molar-refractivity contribution in [3.05, 3.63) is 30.2 Å². The quantitative estimate of drug-likeness (QED) is 0.616. The lowest BCUT2D eigenvalue weighted by Crippen LogP contribution is -2.43. The number of carbonyl (C=O) groups is 1. The molecule has 1 atom stereocenters. The zero-order chi connectivity index (χ0) is 21.5. The molecule has 0 aliphatic carbocycles. The lowest BCUT2D eigenvalue weighted by Gasteiger charge is -2.30. The first kappa shape index (κ1) is 21.8. The van der Waals surface area contributed by atoms with Gasteiger partial charge >= 0.3 is 0 Å². The largest absolute Gasteiger partial charge is 0.497 e. The van der Waals surface area contributed by atoms with Crippen LogP contribution in [-0.2, 0) is 11.3 Å². The minimum absolute atomic E-state index is 0.0320. The van der Waals surface area contributed by atoms with Gasteiger partial charge in [0.15, 0.2) is 0 Å². The van der Waals surface area contributed by atoms with Crippen LogP contribution in [-0.4, -0.2) is 72.2 Å². The number of likely N-dealkylation sites (tertiary alicyclic amines) is 2. The highest BCUT2D eigenvalue weighted by atomic mass is 16.5. The van der Waals surface area contributed by atoms with Crippen molar-refractivity contribution in [2.45, 2.75) is 38.6 Å². The fourth-order valence-corrected chi connectivity index (χ4v) is 4.45. The average Bonchev–Trinajstić information content (AvgIpc) is 3.49. The molecule has 1 amide bonds. The fraction of sp³-hybridized carbons (Fsp3) is 0.609. The van der Waals surface area contributed by atoms with Crippen molar-refractivity contribution < 1.29 is 14.1 Å². The van der Waals surface area contributed by atoms with Gasteiger partial charge in [0.2, 0.25) is 17.6 Å². The Bertz CT molecular complexity index is 832. The lowest BCUT2D eigenvalue weighted by atomic mass is 9.97. The molecular formula is C23H33N5O3.